The molecule has 0 saturated heterocycles. The summed E-state index contributed by atoms with van der Waals surface area (Å²) in [6.07, 6.45) is 1.19. The molecule has 1 N–H and O–H groups in total. The van der Waals surface area contributed by atoms with Crippen LogP contribution in [0.3, 0.4) is 0 Å². The second kappa shape index (κ2) is 7.28. The molecule has 92 valence electrons. The Balaban J connectivity index is 2.13. The molecule has 0 aromatic carbocycles. The molecule has 0 amide bonds. The Morgan fingerprint density at radius 1 is 1.44 bits per heavy atom. The zero-order valence-corrected chi connectivity index (χ0v) is 11.9. The molecule has 0 unspecified atom stereocenters. The lowest BCUT2D eigenvalue weighted by molar-refractivity contribution is 0.320. The van der Waals surface area contributed by atoms with Crippen LogP contribution in [0.25, 0.3) is 0 Å². The SMILES string of the molecule is CC(C)NCCCN(C)Cc1ccc(Cl)s1. The summed E-state index contributed by atoms with van der Waals surface area (Å²) in [7, 11) is 2.16. The molecule has 0 bridgehead atoms. The smallest absolute Gasteiger partial charge is 0.0931 e. The summed E-state index contributed by atoms with van der Waals surface area (Å²) in [4.78, 5) is 3.67. The van der Waals surface area contributed by atoms with Crippen molar-refractivity contribution in [1.29, 1.82) is 0 Å². The van der Waals surface area contributed by atoms with Crippen molar-refractivity contribution >= 4 is 22.9 Å². The van der Waals surface area contributed by atoms with Gasteiger partial charge in [0.2, 0.25) is 0 Å². The lowest BCUT2D eigenvalue weighted by Crippen LogP contribution is -2.27. The van der Waals surface area contributed by atoms with E-state index in [0.717, 1.165) is 24.0 Å². The van der Waals surface area contributed by atoms with Gasteiger partial charge in [0.25, 0.3) is 0 Å². The van der Waals surface area contributed by atoms with Crippen LogP contribution in [0.4, 0.5) is 0 Å². The van der Waals surface area contributed by atoms with Gasteiger partial charge in [-0.15, -0.1) is 11.3 Å². The molecule has 0 fully saturated rings. The summed E-state index contributed by atoms with van der Waals surface area (Å²) < 4.78 is 0.880. The Morgan fingerprint density at radius 2 is 2.19 bits per heavy atom. The van der Waals surface area contributed by atoms with Crippen LogP contribution >= 0.6 is 22.9 Å². The van der Waals surface area contributed by atoms with Gasteiger partial charge in [-0.2, -0.15) is 0 Å². The summed E-state index contributed by atoms with van der Waals surface area (Å²) >= 11 is 7.56. The third-order valence-corrected chi connectivity index (χ3v) is 3.54. The average Bonchev–Trinajstić information content (AvgIpc) is 2.58. The predicted molar refractivity (Wildman–Crippen MR) is 73.4 cm³/mol. The maximum absolute atomic E-state index is 5.90. The second-order valence-corrected chi connectivity index (χ2v) is 6.21. The van der Waals surface area contributed by atoms with Crippen molar-refractivity contribution in [3.05, 3.63) is 21.3 Å². The number of halogens is 1. The molecule has 0 spiro atoms. The minimum Gasteiger partial charge on any atom is -0.314 e. The van der Waals surface area contributed by atoms with Gasteiger partial charge in [0.05, 0.1) is 4.34 Å². The van der Waals surface area contributed by atoms with E-state index in [0.29, 0.717) is 6.04 Å². The van der Waals surface area contributed by atoms with Gasteiger partial charge in [-0.25, -0.2) is 0 Å². The van der Waals surface area contributed by atoms with Crippen LogP contribution in [0.5, 0.6) is 0 Å². The van der Waals surface area contributed by atoms with Crippen molar-refractivity contribution in [1.82, 2.24) is 10.2 Å². The molecule has 0 aliphatic carbocycles. The summed E-state index contributed by atoms with van der Waals surface area (Å²) in [6.45, 7) is 7.57. The van der Waals surface area contributed by atoms with Crippen molar-refractivity contribution < 1.29 is 0 Å². The summed E-state index contributed by atoms with van der Waals surface area (Å²) in [6, 6.07) is 4.66. The zero-order valence-electron chi connectivity index (χ0n) is 10.3. The summed E-state index contributed by atoms with van der Waals surface area (Å²) in [5, 5.41) is 3.42. The fourth-order valence-electron chi connectivity index (χ4n) is 1.52. The molecule has 16 heavy (non-hydrogen) atoms. The Morgan fingerprint density at radius 3 is 2.75 bits per heavy atom. The first-order valence-electron chi connectivity index (χ1n) is 5.74. The summed E-state index contributed by atoms with van der Waals surface area (Å²) in [5.74, 6) is 0. The maximum atomic E-state index is 5.90. The Kier molecular flexibility index (Phi) is 6.36. The fraction of sp³-hybridized carbons (Fsp3) is 0.667. The van der Waals surface area contributed by atoms with Crippen LogP contribution < -0.4 is 5.32 Å². The molecule has 1 heterocycles. The molecule has 0 aliphatic rings. The van der Waals surface area contributed by atoms with Crippen molar-refractivity contribution in [3.8, 4) is 0 Å². The normalized spacial score (nSPS) is 11.6. The van der Waals surface area contributed by atoms with E-state index in [1.807, 2.05) is 6.07 Å². The molecule has 0 atom stereocenters. The highest BCUT2D eigenvalue weighted by Crippen LogP contribution is 2.22. The quantitative estimate of drug-likeness (QED) is 0.758. The van der Waals surface area contributed by atoms with Gasteiger partial charge in [0.1, 0.15) is 0 Å². The minimum absolute atomic E-state index is 0.585. The van der Waals surface area contributed by atoms with Gasteiger partial charge in [0.15, 0.2) is 0 Å². The summed E-state index contributed by atoms with van der Waals surface area (Å²) in [5.41, 5.74) is 0. The van der Waals surface area contributed by atoms with E-state index >= 15 is 0 Å². The molecule has 4 heteroatoms. The number of hydrogen-bond donors (Lipinski definition) is 1. The lowest BCUT2D eigenvalue weighted by Gasteiger charge is -2.16. The minimum atomic E-state index is 0.585. The van der Waals surface area contributed by atoms with E-state index in [9.17, 15) is 0 Å². The molecule has 0 saturated carbocycles. The number of nitrogens with one attached hydrogen (secondary N) is 1. The number of nitrogens with zero attached hydrogens (tertiary/aromatic N) is 1. The van der Waals surface area contributed by atoms with Crippen molar-refractivity contribution in [2.45, 2.75) is 32.9 Å². The molecule has 1 rings (SSSR count). The highest BCUT2D eigenvalue weighted by atomic mass is 35.5. The van der Waals surface area contributed by atoms with E-state index in [1.54, 1.807) is 11.3 Å². The highest BCUT2D eigenvalue weighted by molar-refractivity contribution is 7.16. The molecular weight excluding hydrogens is 240 g/mol. The van der Waals surface area contributed by atoms with Crippen LogP contribution in [-0.2, 0) is 6.54 Å². The van der Waals surface area contributed by atoms with Gasteiger partial charge in [0, 0.05) is 17.5 Å². The third kappa shape index (κ3) is 5.85. The number of hydrogen-bond acceptors (Lipinski definition) is 3. The van der Waals surface area contributed by atoms with Crippen LogP contribution in [0.15, 0.2) is 12.1 Å². The number of rotatable bonds is 7. The first kappa shape index (κ1) is 14.0. The molecule has 0 radical (unpaired) electrons. The van der Waals surface area contributed by atoms with Crippen molar-refractivity contribution in [2.75, 3.05) is 20.1 Å². The lowest BCUT2D eigenvalue weighted by atomic mass is 10.3. The van der Waals surface area contributed by atoms with Gasteiger partial charge >= 0.3 is 0 Å². The Labute approximate surface area is 108 Å². The molecule has 1 aromatic rings. The van der Waals surface area contributed by atoms with Gasteiger partial charge < -0.3 is 10.2 Å². The predicted octanol–water partition coefficient (Wildman–Crippen LogP) is 3.22. The van der Waals surface area contributed by atoms with E-state index in [-0.39, 0.29) is 0 Å². The van der Waals surface area contributed by atoms with Crippen LogP contribution in [0.2, 0.25) is 4.34 Å². The first-order valence-corrected chi connectivity index (χ1v) is 6.93. The van der Waals surface area contributed by atoms with Gasteiger partial charge in [-0.1, -0.05) is 25.4 Å². The van der Waals surface area contributed by atoms with E-state index < -0.39 is 0 Å². The first-order chi connectivity index (χ1) is 7.58. The standard InChI is InChI=1S/C12H21ClN2S/c1-10(2)14-7-4-8-15(3)9-11-5-6-12(13)16-11/h5-6,10,14H,4,7-9H2,1-3H3. The Hall–Kier alpha value is -0.0900. The monoisotopic (exact) mass is 260 g/mol. The van der Waals surface area contributed by atoms with E-state index in [1.165, 1.54) is 11.3 Å². The van der Waals surface area contributed by atoms with Crippen LogP contribution in [0.1, 0.15) is 25.1 Å². The second-order valence-electron chi connectivity index (χ2n) is 4.41. The topological polar surface area (TPSA) is 15.3 Å². The van der Waals surface area contributed by atoms with Crippen molar-refractivity contribution in [2.24, 2.45) is 0 Å². The highest BCUT2D eigenvalue weighted by Gasteiger charge is 2.03. The van der Waals surface area contributed by atoms with Gasteiger partial charge in [-0.05, 0) is 38.7 Å². The largest absolute Gasteiger partial charge is 0.314 e. The maximum Gasteiger partial charge on any atom is 0.0931 e. The fourth-order valence-corrected chi connectivity index (χ4v) is 2.69. The van der Waals surface area contributed by atoms with E-state index in [2.05, 4.69) is 37.2 Å². The molecule has 2 nitrogen and oxygen atoms in total. The van der Waals surface area contributed by atoms with Gasteiger partial charge in [-0.3, -0.25) is 0 Å². The van der Waals surface area contributed by atoms with Crippen LogP contribution in [0, 0.1) is 0 Å². The van der Waals surface area contributed by atoms with Crippen molar-refractivity contribution in [3.63, 3.8) is 0 Å². The van der Waals surface area contributed by atoms with Crippen LogP contribution in [-0.4, -0.2) is 31.1 Å². The zero-order chi connectivity index (χ0) is 12.0. The number of thiophene rings is 1. The third-order valence-electron chi connectivity index (χ3n) is 2.32. The Bertz CT molecular complexity index is 299. The molecule has 1 aromatic heterocycles. The molecule has 0 aliphatic heterocycles. The van der Waals surface area contributed by atoms with E-state index in [4.69, 9.17) is 11.6 Å². The average molecular weight is 261 g/mol. The molecular formula is C12H21ClN2S.